The highest BCUT2D eigenvalue weighted by Gasteiger charge is 2.33. The Morgan fingerprint density at radius 2 is 1.33 bits per heavy atom. The van der Waals surface area contributed by atoms with Gasteiger partial charge in [-0.15, -0.1) is 0 Å². The van der Waals surface area contributed by atoms with Crippen LogP contribution in [0.15, 0.2) is 72.8 Å². The van der Waals surface area contributed by atoms with E-state index < -0.39 is 6.29 Å². The van der Waals surface area contributed by atoms with Crippen molar-refractivity contribution in [2.75, 3.05) is 26.2 Å². The molecule has 1 aliphatic rings. The third kappa shape index (κ3) is 14.4. The lowest BCUT2D eigenvalue weighted by Crippen LogP contribution is -2.40. The van der Waals surface area contributed by atoms with E-state index in [1.165, 1.54) is 77.0 Å². The van der Waals surface area contributed by atoms with Gasteiger partial charge in [-0.3, -0.25) is 0 Å². The molecule has 0 saturated carbocycles. The zero-order chi connectivity index (χ0) is 36.1. The van der Waals surface area contributed by atoms with Gasteiger partial charge in [-0.2, -0.15) is 0 Å². The molecule has 0 spiro atoms. The van der Waals surface area contributed by atoms with Gasteiger partial charge in [0.1, 0.15) is 0 Å². The molecule has 3 aromatic rings. The summed E-state index contributed by atoms with van der Waals surface area (Å²) in [4.78, 5) is 14.6. The second-order valence-electron chi connectivity index (χ2n) is 14.2. The van der Waals surface area contributed by atoms with E-state index in [2.05, 4.69) is 77.9 Å². The van der Waals surface area contributed by atoms with Gasteiger partial charge in [0.2, 0.25) is 0 Å². The molecule has 7 heteroatoms. The van der Waals surface area contributed by atoms with Crippen LogP contribution >= 0.6 is 0 Å². The summed E-state index contributed by atoms with van der Waals surface area (Å²) in [7, 11) is 0. The molecule has 280 valence electrons. The summed E-state index contributed by atoms with van der Waals surface area (Å²) in [5.41, 5.74) is 6.29. The fourth-order valence-electron chi connectivity index (χ4n) is 6.95. The number of aliphatic hydroxyl groups excluding tert-OH is 1. The Labute approximate surface area is 308 Å². The number of hydrogen-bond donors (Lipinski definition) is 3. The second-order valence-corrected chi connectivity index (χ2v) is 14.2. The highest BCUT2D eigenvalue weighted by atomic mass is 16.7. The van der Waals surface area contributed by atoms with Crippen LogP contribution in [0.4, 0.5) is 4.79 Å². The topological polar surface area (TPSA) is 83.1 Å². The Balaban J connectivity index is 1.47. The summed E-state index contributed by atoms with van der Waals surface area (Å²) < 4.78 is 13.5. The van der Waals surface area contributed by atoms with Crippen molar-refractivity contribution in [2.24, 2.45) is 0 Å². The van der Waals surface area contributed by atoms with E-state index in [9.17, 15) is 9.90 Å². The number of carbonyl (C=O) groups is 1. The molecule has 51 heavy (non-hydrogen) atoms. The molecule has 3 atom stereocenters. The first-order valence-electron chi connectivity index (χ1n) is 20.0. The zero-order valence-electron chi connectivity index (χ0n) is 31.7. The minimum Gasteiger partial charge on any atom is -0.392 e. The van der Waals surface area contributed by atoms with Crippen molar-refractivity contribution in [3.63, 3.8) is 0 Å². The van der Waals surface area contributed by atoms with Gasteiger partial charge >= 0.3 is 6.03 Å². The molecule has 1 fully saturated rings. The fraction of sp³-hybridized carbons (Fsp3) is 0.568. The molecule has 2 amide bonds. The molecular weight excluding hydrogens is 635 g/mol. The number of nitrogens with one attached hydrogen (secondary N) is 2. The first kappa shape index (κ1) is 40.5. The molecule has 0 bridgehead atoms. The van der Waals surface area contributed by atoms with E-state index in [0.717, 1.165) is 59.4 Å². The molecular formula is C44H65N3O4. The van der Waals surface area contributed by atoms with E-state index in [1.807, 2.05) is 31.2 Å². The molecule has 3 aromatic carbocycles. The third-order valence-electron chi connectivity index (χ3n) is 9.97. The van der Waals surface area contributed by atoms with Crippen molar-refractivity contribution in [3.8, 4) is 11.1 Å². The fourth-order valence-corrected chi connectivity index (χ4v) is 6.95. The Bertz CT molecular complexity index is 1360. The van der Waals surface area contributed by atoms with Gasteiger partial charge in [0.25, 0.3) is 0 Å². The maximum absolute atomic E-state index is 11.9. The second kappa shape index (κ2) is 23.4. The van der Waals surface area contributed by atoms with E-state index in [0.29, 0.717) is 13.1 Å². The summed E-state index contributed by atoms with van der Waals surface area (Å²) in [5.74, 6) is 0. The summed E-state index contributed by atoms with van der Waals surface area (Å²) >= 11 is 0. The summed E-state index contributed by atoms with van der Waals surface area (Å²) in [6, 6.07) is 24.8. The van der Waals surface area contributed by atoms with Crippen molar-refractivity contribution >= 4 is 6.03 Å². The maximum Gasteiger partial charge on any atom is 0.315 e. The number of ether oxygens (including phenoxy) is 2. The van der Waals surface area contributed by atoms with Gasteiger partial charge in [0.15, 0.2) is 6.29 Å². The van der Waals surface area contributed by atoms with Crippen LogP contribution in [0.1, 0.15) is 139 Å². The number of amides is 2. The zero-order valence-corrected chi connectivity index (χ0v) is 31.7. The molecule has 1 saturated heterocycles. The molecule has 1 aliphatic heterocycles. The van der Waals surface area contributed by atoms with Gasteiger partial charge < -0.3 is 30.1 Å². The first-order chi connectivity index (χ1) is 25.0. The average molecular weight is 700 g/mol. The number of hydrogen-bond acceptors (Lipinski definition) is 5. The molecule has 0 aliphatic carbocycles. The maximum atomic E-state index is 11.9. The van der Waals surface area contributed by atoms with Gasteiger partial charge in [0, 0.05) is 31.6 Å². The molecule has 0 aromatic heterocycles. The number of carbonyl (C=O) groups excluding carboxylic acids is 1. The Morgan fingerprint density at radius 1 is 0.706 bits per heavy atom. The van der Waals surface area contributed by atoms with Crippen molar-refractivity contribution < 1.29 is 19.4 Å². The lowest BCUT2D eigenvalue weighted by atomic mass is 9.98. The first-order valence-corrected chi connectivity index (χ1v) is 20.0. The predicted octanol–water partition coefficient (Wildman–Crippen LogP) is 10.2. The van der Waals surface area contributed by atoms with Crippen LogP contribution in [0.2, 0.25) is 0 Å². The number of urea groups is 1. The standard InChI is InChI=1S/C44H65N3O4/c1-4-7-9-11-13-15-28-47(29-16-14-12-10-8-5-2)33-41-31-42(38-22-20-35(34-48)21-23-38)51-43(50-41)39-26-24-37(25-27-39)40-19-17-18-36(30-40)32-46-44(49)45-6-3/h17-27,30,41-43,48H,4-16,28-29,31-34H2,1-3H3,(H2,45,46,49)/t41-,42+,43+/m1/s1. The van der Waals surface area contributed by atoms with Crippen LogP contribution in [0, 0.1) is 0 Å². The number of benzene rings is 3. The van der Waals surface area contributed by atoms with Crippen molar-refractivity contribution in [1.29, 1.82) is 0 Å². The van der Waals surface area contributed by atoms with Crippen molar-refractivity contribution in [2.45, 2.75) is 136 Å². The van der Waals surface area contributed by atoms with E-state index >= 15 is 0 Å². The lowest BCUT2D eigenvalue weighted by molar-refractivity contribution is -0.253. The molecule has 7 nitrogen and oxygen atoms in total. The largest absolute Gasteiger partial charge is 0.392 e. The lowest BCUT2D eigenvalue weighted by Gasteiger charge is -2.38. The van der Waals surface area contributed by atoms with Crippen LogP contribution in [0.3, 0.4) is 0 Å². The molecule has 0 unspecified atom stereocenters. The van der Waals surface area contributed by atoms with Gasteiger partial charge in [-0.1, -0.05) is 145 Å². The number of rotatable bonds is 23. The van der Waals surface area contributed by atoms with Gasteiger partial charge in [-0.05, 0) is 66.7 Å². The highest BCUT2D eigenvalue weighted by Crippen LogP contribution is 2.39. The van der Waals surface area contributed by atoms with Gasteiger partial charge in [-0.25, -0.2) is 4.79 Å². The highest BCUT2D eigenvalue weighted by molar-refractivity contribution is 5.73. The molecule has 0 radical (unpaired) electrons. The van der Waals surface area contributed by atoms with E-state index in [1.54, 1.807) is 0 Å². The molecule has 1 heterocycles. The SMILES string of the molecule is CCCCCCCCN(CCCCCCCC)C[C@H]1C[C@@H](c2ccc(CO)cc2)O[C@@H](c2ccc(-c3cccc(CNC(=O)NCC)c3)cc2)O1. The van der Waals surface area contributed by atoms with E-state index in [-0.39, 0.29) is 24.8 Å². The van der Waals surface area contributed by atoms with Crippen LogP contribution in [0.5, 0.6) is 0 Å². The summed E-state index contributed by atoms with van der Waals surface area (Å²) in [5, 5.41) is 15.3. The van der Waals surface area contributed by atoms with Crippen LogP contribution < -0.4 is 10.6 Å². The van der Waals surface area contributed by atoms with Crippen LogP contribution in [0.25, 0.3) is 11.1 Å². The van der Waals surface area contributed by atoms with Crippen LogP contribution in [-0.4, -0.2) is 48.3 Å². The van der Waals surface area contributed by atoms with Crippen molar-refractivity contribution in [3.05, 3.63) is 95.1 Å². The van der Waals surface area contributed by atoms with Crippen molar-refractivity contribution in [1.82, 2.24) is 15.5 Å². The predicted molar refractivity (Wildman–Crippen MR) is 209 cm³/mol. The Kier molecular flexibility index (Phi) is 18.6. The molecule has 3 N–H and O–H groups in total. The number of nitrogens with zero attached hydrogens (tertiary/aromatic N) is 1. The average Bonchev–Trinajstić information content (AvgIpc) is 3.16. The van der Waals surface area contributed by atoms with Crippen LogP contribution in [-0.2, 0) is 22.6 Å². The third-order valence-corrected chi connectivity index (χ3v) is 9.97. The number of unbranched alkanes of at least 4 members (excludes halogenated alkanes) is 10. The quantitative estimate of drug-likeness (QED) is 0.0859. The number of aliphatic hydroxyl groups is 1. The smallest absolute Gasteiger partial charge is 0.315 e. The monoisotopic (exact) mass is 699 g/mol. The Hall–Kier alpha value is -3.23. The van der Waals surface area contributed by atoms with Gasteiger partial charge in [0.05, 0.1) is 18.8 Å². The molecule has 4 rings (SSSR count). The Morgan fingerprint density at radius 3 is 1.96 bits per heavy atom. The summed E-state index contributed by atoms with van der Waals surface area (Å²) in [6.45, 7) is 10.7. The minimum atomic E-state index is -0.474. The minimum absolute atomic E-state index is 0.0337. The normalized spacial score (nSPS) is 17.5. The van der Waals surface area contributed by atoms with E-state index in [4.69, 9.17) is 9.47 Å². The summed E-state index contributed by atoms with van der Waals surface area (Å²) in [6.07, 6.45) is 15.9.